The summed E-state index contributed by atoms with van der Waals surface area (Å²) in [5.74, 6) is -0.503. The lowest BCUT2D eigenvalue weighted by Gasteiger charge is -2.23. The molecular formula is C9H17NO6S. The number of nitrogens with zero attached hydrogens (tertiary/aromatic N) is 1. The minimum atomic E-state index is -3.59. The third-order valence-electron chi connectivity index (χ3n) is 3.43. The van der Waals surface area contributed by atoms with Gasteiger partial charge >= 0.3 is 0 Å². The molecular weight excluding hydrogens is 250 g/mol. The van der Waals surface area contributed by atoms with Gasteiger partial charge in [-0.05, 0) is 0 Å². The fourth-order valence-corrected chi connectivity index (χ4v) is 3.42. The Hall–Kier alpha value is -0.250. The summed E-state index contributed by atoms with van der Waals surface area (Å²) in [6, 6.07) is -0.443. The molecule has 0 aromatic heterocycles. The normalized spacial score (nSPS) is 42.9. The molecule has 0 saturated carbocycles. The van der Waals surface area contributed by atoms with Crippen LogP contribution in [0, 0.1) is 5.92 Å². The summed E-state index contributed by atoms with van der Waals surface area (Å²) >= 11 is 0. The van der Waals surface area contributed by atoms with Crippen molar-refractivity contribution < 1.29 is 27.9 Å². The lowest BCUT2D eigenvalue weighted by molar-refractivity contribution is 0.00970. The number of aliphatic hydroxyl groups is 3. The molecule has 2 fully saturated rings. The fraction of sp³-hybridized carbons (Fsp3) is 1.00. The molecule has 0 spiro atoms. The van der Waals surface area contributed by atoms with Crippen LogP contribution in [0.3, 0.4) is 0 Å². The zero-order valence-corrected chi connectivity index (χ0v) is 10.2. The van der Waals surface area contributed by atoms with Gasteiger partial charge in [0, 0.05) is 25.0 Å². The molecule has 0 radical (unpaired) electrons. The highest BCUT2D eigenvalue weighted by Crippen LogP contribution is 2.35. The van der Waals surface area contributed by atoms with Crippen molar-refractivity contribution in [3.05, 3.63) is 0 Å². The molecule has 0 unspecified atom stereocenters. The van der Waals surface area contributed by atoms with Crippen LogP contribution in [0.15, 0.2) is 0 Å². The number of hydrogen-bond donors (Lipinski definition) is 3. The van der Waals surface area contributed by atoms with E-state index in [0.717, 1.165) is 6.26 Å². The molecule has 3 N–H and O–H groups in total. The minimum absolute atomic E-state index is 0.270. The number of rotatable bonds is 3. The predicted molar refractivity (Wildman–Crippen MR) is 57.7 cm³/mol. The van der Waals surface area contributed by atoms with Crippen molar-refractivity contribution in [3.63, 3.8) is 0 Å². The maximum Gasteiger partial charge on any atom is 0.264 e. The first kappa shape index (κ1) is 13.2. The Morgan fingerprint density at radius 1 is 1.35 bits per heavy atom. The van der Waals surface area contributed by atoms with E-state index < -0.39 is 40.4 Å². The molecule has 2 aliphatic heterocycles. The van der Waals surface area contributed by atoms with Gasteiger partial charge in [-0.3, -0.25) is 9.08 Å². The van der Waals surface area contributed by atoms with Crippen LogP contribution >= 0.6 is 0 Å². The van der Waals surface area contributed by atoms with Gasteiger partial charge < -0.3 is 15.3 Å². The maximum atomic E-state index is 11.1. The zero-order chi connectivity index (χ0) is 12.8. The Labute approximate surface area is 99.7 Å². The van der Waals surface area contributed by atoms with Crippen molar-refractivity contribution in [2.24, 2.45) is 5.92 Å². The van der Waals surface area contributed by atoms with Gasteiger partial charge in [-0.1, -0.05) is 0 Å². The van der Waals surface area contributed by atoms with E-state index in [0.29, 0.717) is 0 Å². The van der Waals surface area contributed by atoms with Crippen molar-refractivity contribution >= 4 is 10.1 Å². The van der Waals surface area contributed by atoms with Crippen LogP contribution in [0.2, 0.25) is 0 Å². The minimum Gasteiger partial charge on any atom is -0.396 e. The van der Waals surface area contributed by atoms with Crippen molar-refractivity contribution in [2.75, 3.05) is 26.0 Å². The highest BCUT2D eigenvalue weighted by Gasteiger charge is 2.53. The Balaban J connectivity index is 2.14. The van der Waals surface area contributed by atoms with Gasteiger partial charge in [-0.25, -0.2) is 0 Å². The van der Waals surface area contributed by atoms with Gasteiger partial charge in [0.25, 0.3) is 10.1 Å². The second-order valence-corrected chi connectivity index (χ2v) is 6.29. The smallest absolute Gasteiger partial charge is 0.264 e. The number of aliphatic hydroxyl groups excluding tert-OH is 3. The van der Waals surface area contributed by atoms with Gasteiger partial charge in [-0.15, -0.1) is 0 Å². The standard InChI is InChI=1S/C9H17NO6S/c1-17(14,15)16-7-3-10-2-6(12)9(13)8(10)5(7)4-11/h5-9,11-13H,2-4H2,1H3/t5-,6+,7-,8+,9+/m0/s1. The van der Waals surface area contributed by atoms with Gasteiger partial charge in [0.2, 0.25) is 0 Å². The molecule has 8 heteroatoms. The first-order chi connectivity index (χ1) is 7.83. The van der Waals surface area contributed by atoms with Crippen LogP contribution < -0.4 is 0 Å². The average Bonchev–Trinajstić information content (AvgIpc) is 2.63. The van der Waals surface area contributed by atoms with Crippen LogP contribution in [0.4, 0.5) is 0 Å². The average molecular weight is 267 g/mol. The van der Waals surface area contributed by atoms with E-state index in [1.807, 2.05) is 0 Å². The SMILES string of the molecule is CS(=O)(=O)O[C@H]1CN2C[C@@H](O)[C@@H](O)[C@H]2[C@H]1CO. The van der Waals surface area contributed by atoms with E-state index in [9.17, 15) is 23.7 Å². The second-order valence-electron chi connectivity index (χ2n) is 4.69. The summed E-state index contributed by atoms with van der Waals surface area (Å²) in [7, 11) is -3.59. The third kappa shape index (κ3) is 2.47. The molecule has 2 rings (SSSR count). The van der Waals surface area contributed by atoms with Crippen LogP contribution in [0.1, 0.15) is 0 Å². The largest absolute Gasteiger partial charge is 0.396 e. The fourth-order valence-electron chi connectivity index (χ4n) is 2.77. The van der Waals surface area contributed by atoms with Gasteiger partial charge in [-0.2, -0.15) is 8.42 Å². The third-order valence-corrected chi connectivity index (χ3v) is 4.02. The molecule has 0 bridgehead atoms. The Bertz CT molecular complexity index is 385. The van der Waals surface area contributed by atoms with Crippen LogP contribution in [-0.4, -0.2) is 78.9 Å². The first-order valence-corrected chi connectivity index (χ1v) is 7.24. The van der Waals surface area contributed by atoms with E-state index in [-0.39, 0.29) is 19.7 Å². The maximum absolute atomic E-state index is 11.1. The molecule has 0 aliphatic carbocycles. The molecule has 0 amide bonds. The summed E-state index contributed by atoms with van der Waals surface area (Å²) in [6.07, 6.45) is -1.54. The highest BCUT2D eigenvalue weighted by atomic mass is 32.2. The summed E-state index contributed by atoms with van der Waals surface area (Å²) in [5, 5.41) is 28.6. The lowest BCUT2D eigenvalue weighted by Crippen LogP contribution is -2.40. The van der Waals surface area contributed by atoms with Crippen LogP contribution in [-0.2, 0) is 14.3 Å². The number of fused-ring (bicyclic) bond motifs is 1. The van der Waals surface area contributed by atoms with Crippen molar-refractivity contribution in [2.45, 2.75) is 24.4 Å². The molecule has 17 heavy (non-hydrogen) atoms. The highest BCUT2D eigenvalue weighted by molar-refractivity contribution is 7.86. The summed E-state index contributed by atoms with van der Waals surface area (Å²) in [4.78, 5) is 1.76. The predicted octanol–water partition coefficient (Wildman–Crippen LogP) is -2.64. The Kier molecular flexibility index (Phi) is 3.45. The molecule has 0 aromatic carbocycles. The monoisotopic (exact) mass is 267 g/mol. The molecule has 2 aliphatic rings. The molecule has 0 aromatic rings. The lowest BCUT2D eigenvalue weighted by atomic mass is 9.94. The van der Waals surface area contributed by atoms with E-state index in [2.05, 4.69) is 0 Å². The molecule has 2 saturated heterocycles. The topological polar surface area (TPSA) is 107 Å². The van der Waals surface area contributed by atoms with Gasteiger partial charge in [0.1, 0.15) is 0 Å². The summed E-state index contributed by atoms with van der Waals surface area (Å²) < 4.78 is 27.1. The van der Waals surface area contributed by atoms with Crippen molar-refractivity contribution in [1.29, 1.82) is 0 Å². The Morgan fingerprint density at radius 2 is 2.00 bits per heavy atom. The van der Waals surface area contributed by atoms with Crippen molar-refractivity contribution in [3.8, 4) is 0 Å². The van der Waals surface area contributed by atoms with Crippen LogP contribution in [0.5, 0.6) is 0 Å². The number of hydrogen-bond acceptors (Lipinski definition) is 7. The van der Waals surface area contributed by atoms with Gasteiger partial charge in [0.05, 0.1) is 31.2 Å². The van der Waals surface area contributed by atoms with E-state index >= 15 is 0 Å². The first-order valence-electron chi connectivity index (χ1n) is 5.43. The van der Waals surface area contributed by atoms with E-state index in [4.69, 9.17) is 4.18 Å². The molecule has 5 atom stereocenters. The van der Waals surface area contributed by atoms with Crippen LogP contribution in [0.25, 0.3) is 0 Å². The Morgan fingerprint density at radius 3 is 2.53 bits per heavy atom. The molecule has 7 nitrogen and oxygen atoms in total. The second kappa shape index (κ2) is 4.45. The quantitative estimate of drug-likeness (QED) is 0.480. The van der Waals surface area contributed by atoms with Gasteiger partial charge in [0.15, 0.2) is 0 Å². The van der Waals surface area contributed by atoms with E-state index in [1.54, 1.807) is 4.90 Å². The molecule has 2 heterocycles. The zero-order valence-electron chi connectivity index (χ0n) is 9.43. The summed E-state index contributed by atoms with van der Waals surface area (Å²) in [6.45, 7) is 0.272. The van der Waals surface area contributed by atoms with Crippen molar-refractivity contribution in [1.82, 2.24) is 4.90 Å². The summed E-state index contributed by atoms with van der Waals surface area (Å²) in [5.41, 5.74) is 0. The van der Waals surface area contributed by atoms with E-state index in [1.165, 1.54) is 0 Å². The molecule has 100 valence electrons.